The van der Waals surface area contributed by atoms with Crippen molar-refractivity contribution in [2.75, 3.05) is 52.4 Å². The molecule has 0 aromatic carbocycles. The van der Waals surface area contributed by atoms with E-state index in [1.807, 2.05) is 6.92 Å². The summed E-state index contributed by atoms with van der Waals surface area (Å²) in [5.41, 5.74) is 0. The third-order valence-corrected chi connectivity index (χ3v) is 4.78. The van der Waals surface area contributed by atoms with E-state index >= 15 is 0 Å². The number of halogens is 4. The maximum Gasteiger partial charge on any atom is 0.401 e. The first kappa shape index (κ1) is 23.7. The number of likely N-dealkylation sites (tertiary alicyclic amines) is 2. The quantitative estimate of drug-likeness (QED) is 0.327. The Morgan fingerprint density at radius 2 is 1.85 bits per heavy atom. The van der Waals surface area contributed by atoms with Crippen LogP contribution in [-0.4, -0.2) is 80.3 Å². The van der Waals surface area contributed by atoms with Crippen LogP contribution in [0.4, 0.5) is 13.2 Å². The fraction of sp³-hybridized carbons (Fsp3) is 0.941. The average Bonchev–Trinajstić information content (AvgIpc) is 3.13. The Labute approximate surface area is 172 Å². The summed E-state index contributed by atoms with van der Waals surface area (Å²) in [7, 11) is 0. The van der Waals surface area contributed by atoms with E-state index in [4.69, 9.17) is 0 Å². The number of guanidine groups is 1. The molecular formula is C17H33F3IN5. The lowest BCUT2D eigenvalue weighted by atomic mass is 10.1. The predicted molar refractivity (Wildman–Crippen MR) is 110 cm³/mol. The van der Waals surface area contributed by atoms with Crippen LogP contribution in [-0.2, 0) is 0 Å². The van der Waals surface area contributed by atoms with Gasteiger partial charge >= 0.3 is 6.18 Å². The van der Waals surface area contributed by atoms with Crippen molar-refractivity contribution in [1.29, 1.82) is 0 Å². The van der Waals surface area contributed by atoms with Gasteiger partial charge in [-0.3, -0.25) is 9.89 Å². The number of hydrogen-bond donors (Lipinski definition) is 2. The van der Waals surface area contributed by atoms with Crippen molar-refractivity contribution in [2.24, 2.45) is 10.9 Å². The van der Waals surface area contributed by atoms with Crippen LogP contribution in [0.3, 0.4) is 0 Å². The fourth-order valence-corrected chi connectivity index (χ4v) is 3.66. The number of nitrogens with zero attached hydrogens (tertiary/aromatic N) is 3. The van der Waals surface area contributed by atoms with Crippen molar-refractivity contribution < 1.29 is 13.2 Å². The van der Waals surface area contributed by atoms with Crippen molar-refractivity contribution >= 4 is 29.9 Å². The Morgan fingerprint density at radius 3 is 2.50 bits per heavy atom. The average molecular weight is 491 g/mol. The highest BCUT2D eigenvalue weighted by Gasteiger charge is 2.34. The number of aliphatic imine (C=N–C) groups is 1. The van der Waals surface area contributed by atoms with Crippen LogP contribution < -0.4 is 10.6 Å². The molecule has 26 heavy (non-hydrogen) atoms. The highest BCUT2D eigenvalue weighted by molar-refractivity contribution is 14.0. The molecule has 2 saturated heterocycles. The molecule has 0 amide bonds. The van der Waals surface area contributed by atoms with Crippen molar-refractivity contribution in [1.82, 2.24) is 20.4 Å². The Hall–Kier alpha value is -0.290. The van der Waals surface area contributed by atoms with Gasteiger partial charge in [0, 0.05) is 38.8 Å². The molecule has 0 radical (unpaired) electrons. The minimum absolute atomic E-state index is 0. The lowest BCUT2D eigenvalue weighted by molar-refractivity contribution is -0.143. The monoisotopic (exact) mass is 491 g/mol. The van der Waals surface area contributed by atoms with E-state index in [1.165, 1.54) is 17.7 Å². The summed E-state index contributed by atoms with van der Waals surface area (Å²) < 4.78 is 37.5. The second-order valence-electron chi connectivity index (χ2n) is 7.16. The molecule has 2 aliphatic heterocycles. The van der Waals surface area contributed by atoms with Crippen LogP contribution in [0.5, 0.6) is 0 Å². The molecule has 2 fully saturated rings. The molecule has 0 saturated carbocycles. The topological polar surface area (TPSA) is 42.9 Å². The molecule has 2 rings (SSSR count). The summed E-state index contributed by atoms with van der Waals surface area (Å²) in [6.45, 7) is 9.17. The number of nitrogens with one attached hydrogen (secondary N) is 2. The molecule has 5 nitrogen and oxygen atoms in total. The molecule has 9 heteroatoms. The van der Waals surface area contributed by atoms with Gasteiger partial charge < -0.3 is 15.5 Å². The van der Waals surface area contributed by atoms with Crippen LogP contribution in [0, 0.1) is 5.92 Å². The highest BCUT2D eigenvalue weighted by Crippen LogP contribution is 2.20. The summed E-state index contributed by atoms with van der Waals surface area (Å²) in [5.74, 6) is 1.31. The van der Waals surface area contributed by atoms with Gasteiger partial charge in [0.15, 0.2) is 5.96 Å². The minimum Gasteiger partial charge on any atom is -0.357 e. The van der Waals surface area contributed by atoms with Gasteiger partial charge in [-0.1, -0.05) is 6.92 Å². The van der Waals surface area contributed by atoms with Gasteiger partial charge in [0.1, 0.15) is 0 Å². The van der Waals surface area contributed by atoms with Crippen LogP contribution in [0.15, 0.2) is 4.99 Å². The van der Waals surface area contributed by atoms with E-state index in [0.717, 1.165) is 38.7 Å². The molecule has 0 spiro atoms. The summed E-state index contributed by atoms with van der Waals surface area (Å²) in [5, 5.41) is 6.53. The Kier molecular flexibility index (Phi) is 10.5. The van der Waals surface area contributed by atoms with Crippen LogP contribution in [0.1, 0.15) is 33.1 Å². The summed E-state index contributed by atoms with van der Waals surface area (Å²) in [6.07, 6.45) is -1.06. The third-order valence-electron chi connectivity index (χ3n) is 4.78. The van der Waals surface area contributed by atoms with E-state index in [1.54, 1.807) is 0 Å². The number of rotatable bonds is 7. The normalized spacial score (nSPS) is 25.3. The Bertz CT molecular complexity index is 433. The predicted octanol–water partition coefficient (Wildman–Crippen LogP) is 2.53. The van der Waals surface area contributed by atoms with Gasteiger partial charge in [0.05, 0.1) is 6.54 Å². The summed E-state index contributed by atoms with van der Waals surface area (Å²) in [6, 6.07) is 0.0281. The van der Waals surface area contributed by atoms with Gasteiger partial charge in [-0.15, -0.1) is 24.0 Å². The van der Waals surface area contributed by atoms with E-state index in [9.17, 15) is 13.2 Å². The lowest BCUT2D eigenvalue weighted by Crippen LogP contribution is -2.45. The van der Waals surface area contributed by atoms with E-state index in [0.29, 0.717) is 25.4 Å². The molecule has 0 aromatic heterocycles. The molecular weight excluding hydrogens is 458 g/mol. The van der Waals surface area contributed by atoms with E-state index in [2.05, 4.69) is 27.4 Å². The standard InChI is InChI=1S/C17H32F3N5.HI/c1-3-7-24-8-5-14(11-24)10-22-16(21-4-2)23-15-6-9-25(12-15)13-17(18,19)20;/h14-15H,3-13H2,1-2H3,(H2,21,22,23);1H. The minimum atomic E-state index is -4.12. The van der Waals surface area contributed by atoms with Gasteiger partial charge in [0.2, 0.25) is 0 Å². The summed E-state index contributed by atoms with van der Waals surface area (Å²) >= 11 is 0. The molecule has 2 atom stereocenters. The largest absolute Gasteiger partial charge is 0.401 e. The summed E-state index contributed by atoms with van der Waals surface area (Å²) in [4.78, 5) is 8.62. The Balaban J connectivity index is 0.00000338. The van der Waals surface area contributed by atoms with Crippen LogP contribution in [0.25, 0.3) is 0 Å². The maximum atomic E-state index is 12.5. The van der Waals surface area contributed by atoms with E-state index in [-0.39, 0.29) is 30.0 Å². The number of alkyl halides is 3. The van der Waals surface area contributed by atoms with Crippen molar-refractivity contribution in [3.05, 3.63) is 0 Å². The van der Waals surface area contributed by atoms with Crippen molar-refractivity contribution in [3.63, 3.8) is 0 Å². The van der Waals surface area contributed by atoms with Gasteiger partial charge in [-0.25, -0.2) is 0 Å². The van der Waals surface area contributed by atoms with Crippen molar-refractivity contribution in [3.8, 4) is 0 Å². The second kappa shape index (κ2) is 11.5. The van der Waals surface area contributed by atoms with Crippen molar-refractivity contribution in [2.45, 2.75) is 45.3 Å². The molecule has 0 aromatic rings. The molecule has 2 aliphatic rings. The van der Waals surface area contributed by atoms with Gasteiger partial charge in [0.25, 0.3) is 0 Å². The second-order valence-corrected chi connectivity index (χ2v) is 7.16. The first-order chi connectivity index (χ1) is 11.9. The third kappa shape index (κ3) is 8.60. The smallest absolute Gasteiger partial charge is 0.357 e. The molecule has 154 valence electrons. The van der Waals surface area contributed by atoms with Crippen LogP contribution >= 0.6 is 24.0 Å². The molecule has 2 unspecified atom stereocenters. The van der Waals surface area contributed by atoms with Crippen LogP contribution in [0.2, 0.25) is 0 Å². The number of hydrogen-bond acceptors (Lipinski definition) is 3. The zero-order valence-corrected chi connectivity index (χ0v) is 18.1. The lowest BCUT2D eigenvalue weighted by Gasteiger charge is -2.20. The SMILES string of the molecule is CCCN1CCC(CN=C(NCC)NC2CCN(CC(F)(F)F)C2)C1.I. The zero-order valence-electron chi connectivity index (χ0n) is 15.8. The highest BCUT2D eigenvalue weighted by atomic mass is 127. The van der Waals surface area contributed by atoms with Gasteiger partial charge in [-0.05, 0) is 45.2 Å². The molecule has 2 N–H and O–H groups in total. The molecule has 2 heterocycles. The zero-order chi connectivity index (χ0) is 18.3. The van der Waals surface area contributed by atoms with Gasteiger partial charge in [-0.2, -0.15) is 13.2 Å². The maximum absolute atomic E-state index is 12.5. The Morgan fingerprint density at radius 1 is 1.12 bits per heavy atom. The first-order valence-electron chi connectivity index (χ1n) is 9.46. The molecule has 0 bridgehead atoms. The molecule has 0 aliphatic carbocycles. The first-order valence-corrected chi connectivity index (χ1v) is 9.46. The fourth-order valence-electron chi connectivity index (χ4n) is 3.66. The van der Waals surface area contributed by atoms with E-state index < -0.39 is 12.7 Å².